The van der Waals surface area contributed by atoms with Crippen LogP contribution in [0.3, 0.4) is 0 Å². The van der Waals surface area contributed by atoms with Gasteiger partial charge in [0.1, 0.15) is 11.5 Å². The van der Waals surface area contributed by atoms with Gasteiger partial charge in [-0.25, -0.2) is 9.97 Å². The zero-order chi connectivity index (χ0) is 20.4. The van der Waals surface area contributed by atoms with Crippen molar-refractivity contribution in [2.75, 3.05) is 10.6 Å². The van der Waals surface area contributed by atoms with Crippen LogP contribution in [0, 0.1) is 0 Å². The van der Waals surface area contributed by atoms with Crippen LogP contribution in [-0.4, -0.2) is 30.5 Å². The molecule has 150 valence electrons. The highest BCUT2D eigenvalue weighted by Gasteiger charge is 2.22. The summed E-state index contributed by atoms with van der Waals surface area (Å²) in [6, 6.07) is 5.15. The molecule has 0 unspecified atom stereocenters. The van der Waals surface area contributed by atoms with Crippen molar-refractivity contribution in [1.29, 1.82) is 0 Å². The molecule has 29 heavy (non-hydrogen) atoms. The molecule has 0 bridgehead atoms. The fourth-order valence-electron chi connectivity index (χ4n) is 3.71. The number of amides is 1. The molecule has 9 heteroatoms. The molecule has 3 aromatic heterocycles. The maximum absolute atomic E-state index is 12.9. The fourth-order valence-corrected chi connectivity index (χ4v) is 3.71. The van der Waals surface area contributed by atoms with Gasteiger partial charge < -0.3 is 15.7 Å². The van der Waals surface area contributed by atoms with Crippen molar-refractivity contribution >= 4 is 34.4 Å². The van der Waals surface area contributed by atoms with Gasteiger partial charge >= 0.3 is 0 Å². The molecule has 0 atom stereocenters. The number of aliphatic hydroxyl groups excluding tert-OH is 1. The molecule has 9 nitrogen and oxygen atoms in total. The number of rotatable bonds is 5. The summed E-state index contributed by atoms with van der Waals surface area (Å²) in [5.74, 6) is 0.665. The standard InChI is InChI=1S/C20H22N6O3/c1-12(28)23-15-6-7-17(21-10-15)24-20-22-9-13-8-14(11-27)19(29)26(18(13)25-20)16-4-2-3-5-16/h6-10,16,27H,2-5,11H2,1H3,(H,23,28)(H,21,22,24,25). The first-order valence-electron chi connectivity index (χ1n) is 9.58. The largest absolute Gasteiger partial charge is 0.391 e. The van der Waals surface area contributed by atoms with E-state index in [1.54, 1.807) is 29.0 Å². The van der Waals surface area contributed by atoms with Crippen LogP contribution in [0.4, 0.5) is 17.5 Å². The molecule has 0 aromatic carbocycles. The molecule has 1 aliphatic rings. The van der Waals surface area contributed by atoms with Crippen LogP contribution < -0.4 is 16.2 Å². The Labute approximate surface area is 166 Å². The zero-order valence-electron chi connectivity index (χ0n) is 16.1. The number of carbonyl (C=O) groups is 1. The molecule has 1 saturated carbocycles. The van der Waals surface area contributed by atoms with Crippen molar-refractivity contribution < 1.29 is 9.90 Å². The fraction of sp³-hybridized carbons (Fsp3) is 0.350. The van der Waals surface area contributed by atoms with E-state index in [0.717, 1.165) is 25.7 Å². The summed E-state index contributed by atoms with van der Waals surface area (Å²) >= 11 is 0. The minimum absolute atomic E-state index is 0.0781. The van der Waals surface area contributed by atoms with Crippen LogP contribution in [0.1, 0.15) is 44.2 Å². The second-order valence-corrected chi connectivity index (χ2v) is 7.15. The van der Waals surface area contributed by atoms with Crippen molar-refractivity contribution in [3.05, 3.63) is 46.5 Å². The van der Waals surface area contributed by atoms with E-state index in [2.05, 4.69) is 25.6 Å². The lowest BCUT2D eigenvalue weighted by molar-refractivity contribution is -0.114. The number of carbonyl (C=O) groups excluding carboxylic acids is 1. The average Bonchev–Trinajstić information content (AvgIpc) is 3.23. The van der Waals surface area contributed by atoms with Crippen LogP contribution in [-0.2, 0) is 11.4 Å². The molecule has 0 aliphatic heterocycles. The average molecular weight is 394 g/mol. The first kappa shape index (κ1) is 19.0. The second-order valence-electron chi connectivity index (χ2n) is 7.15. The maximum atomic E-state index is 12.9. The summed E-state index contributed by atoms with van der Waals surface area (Å²) in [6.45, 7) is 1.12. The Hall–Kier alpha value is -3.33. The quantitative estimate of drug-likeness (QED) is 0.608. The van der Waals surface area contributed by atoms with E-state index in [1.807, 2.05) is 0 Å². The Morgan fingerprint density at radius 3 is 2.69 bits per heavy atom. The molecule has 3 aromatic rings. The number of aliphatic hydroxyl groups is 1. The van der Waals surface area contributed by atoms with Crippen LogP contribution in [0.2, 0.25) is 0 Å². The molecule has 1 aliphatic carbocycles. The molecule has 4 rings (SSSR count). The van der Waals surface area contributed by atoms with E-state index >= 15 is 0 Å². The normalized spacial score (nSPS) is 14.3. The van der Waals surface area contributed by atoms with Gasteiger partial charge in [0.25, 0.3) is 5.56 Å². The highest BCUT2D eigenvalue weighted by atomic mass is 16.3. The lowest BCUT2D eigenvalue weighted by Crippen LogP contribution is -2.27. The van der Waals surface area contributed by atoms with Crippen molar-refractivity contribution in [2.24, 2.45) is 0 Å². The van der Waals surface area contributed by atoms with Crippen LogP contribution in [0.15, 0.2) is 35.4 Å². The Morgan fingerprint density at radius 2 is 2.03 bits per heavy atom. The molecule has 0 spiro atoms. The lowest BCUT2D eigenvalue weighted by atomic mass is 10.2. The molecular formula is C20H22N6O3. The SMILES string of the molecule is CC(=O)Nc1ccc(Nc2ncc3cc(CO)c(=O)n(C4CCCC4)c3n2)nc1. The summed E-state index contributed by atoms with van der Waals surface area (Å²) in [4.78, 5) is 37.1. The molecule has 1 amide bonds. The third kappa shape index (κ3) is 3.95. The van der Waals surface area contributed by atoms with Crippen LogP contribution in [0.5, 0.6) is 0 Å². The van der Waals surface area contributed by atoms with Gasteiger partial charge in [0, 0.05) is 30.1 Å². The number of nitrogens with one attached hydrogen (secondary N) is 2. The summed E-state index contributed by atoms with van der Waals surface area (Å²) in [5.41, 5.74) is 1.29. The van der Waals surface area contributed by atoms with Gasteiger partial charge in [-0.3, -0.25) is 14.2 Å². The minimum Gasteiger partial charge on any atom is -0.391 e. The van der Waals surface area contributed by atoms with Crippen LogP contribution >= 0.6 is 0 Å². The Kier molecular flexibility index (Phi) is 5.22. The Morgan fingerprint density at radius 1 is 1.24 bits per heavy atom. The maximum Gasteiger partial charge on any atom is 0.258 e. The number of fused-ring (bicyclic) bond motifs is 1. The predicted octanol–water partition coefficient (Wildman–Crippen LogP) is 2.50. The Bertz CT molecular complexity index is 1100. The number of anilines is 3. The van der Waals surface area contributed by atoms with E-state index in [0.29, 0.717) is 34.1 Å². The number of hydrogen-bond donors (Lipinski definition) is 3. The second kappa shape index (κ2) is 7.96. The van der Waals surface area contributed by atoms with Crippen molar-refractivity contribution in [3.8, 4) is 0 Å². The van der Waals surface area contributed by atoms with E-state index in [1.165, 1.54) is 13.1 Å². The van der Waals surface area contributed by atoms with E-state index in [9.17, 15) is 14.7 Å². The third-order valence-electron chi connectivity index (χ3n) is 5.03. The van der Waals surface area contributed by atoms with Gasteiger partial charge in [-0.15, -0.1) is 0 Å². The third-order valence-corrected chi connectivity index (χ3v) is 5.03. The Balaban J connectivity index is 1.70. The number of nitrogens with zero attached hydrogens (tertiary/aromatic N) is 4. The lowest BCUT2D eigenvalue weighted by Gasteiger charge is -2.17. The highest BCUT2D eigenvalue weighted by Crippen LogP contribution is 2.30. The van der Waals surface area contributed by atoms with E-state index < -0.39 is 0 Å². The predicted molar refractivity (Wildman–Crippen MR) is 109 cm³/mol. The van der Waals surface area contributed by atoms with Gasteiger partial charge in [0.15, 0.2) is 0 Å². The smallest absolute Gasteiger partial charge is 0.258 e. The molecule has 3 heterocycles. The summed E-state index contributed by atoms with van der Waals surface area (Å²) in [5, 5.41) is 16.0. The molecule has 3 N–H and O–H groups in total. The van der Waals surface area contributed by atoms with Crippen molar-refractivity contribution in [1.82, 2.24) is 19.5 Å². The number of hydrogen-bond acceptors (Lipinski definition) is 7. The monoisotopic (exact) mass is 394 g/mol. The van der Waals surface area contributed by atoms with Crippen molar-refractivity contribution in [2.45, 2.75) is 45.3 Å². The van der Waals surface area contributed by atoms with Crippen molar-refractivity contribution in [3.63, 3.8) is 0 Å². The van der Waals surface area contributed by atoms with E-state index in [-0.39, 0.29) is 24.1 Å². The number of pyridine rings is 2. The zero-order valence-corrected chi connectivity index (χ0v) is 16.1. The van der Waals surface area contributed by atoms with Gasteiger partial charge in [-0.05, 0) is 31.0 Å². The molecule has 0 saturated heterocycles. The summed E-state index contributed by atoms with van der Waals surface area (Å²) in [6.07, 6.45) is 7.16. The van der Waals surface area contributed by atoms with Gasteiger partial charge in [-0.1, -0.05) is 12.8 Å². The van der Waals surface area contributed by atoms with Gasteiger partial charge in [0.05, 0.1) is 18.5 Å². The summed E-state index contributed by atoms with van der Waals surface area (Å²) < 4.78 is 1.70. The van der Waals surface area contributed by atoms with Crippen LogP contribution in [0.25, 0.3) is 11.0 Å². The summed E-state index contributed by atoms with van der Waals surface area (Å²) in [7, 11) is 0. The first-order chi connectivity index (χ1) is 14.0. The number of aromatic nitrogens is 4. The molecule has 0 radical (unpaired) electrons. The van der Waals surface area contributed by atoms with Gasteiger partial charge in [-0.2, -0.15) is 4.98 Å². The van der Waals surface area contributed by atoms with Gasteiger partial charge in [0.2, 0.25) is 11.9 Å². The highest BCUT2D eigenvalue weighted by molar-refractivity contribution is 5.88. The molecule has 1 fully saturated rings. The van der Waals surface area contributed by atoms with E-state index in [4.69, 9.17) is 0 Å². The molecular weight excluding hydrogens is 372 g/mol. The minimum atomic E-state index is -0.313. The topological polar surface area (TPSA) is 122 Å². The first-order valence-corrected chi connectivity index (χ1v) is 9.58.